The third-order valence-corrected chi connectivity index (χ3v) is 3.81. The summed E-state index contributed by atoms with van der Waals surface area (Å²) >= 11 is 0. The highest BCUT2D eigenvalue weighted by Gasteiger charge is 2.04. The minimum absolute atomic E-state index is 0.0628. The van der Waals surface area contributed by atoms with Crippen molar-refractivity contribution >= 4 is 23.9 Å². The van der Waals surface area contributed by atoms with Gasteiger partial charge in [0.05, 0.1) is 6.61 Å². The first-order chi connectivity index (χ1) is 13.3. The standard InChI is InChI=1S/C14H26O4.C6H10O4/c1-2-3-4-5-6-9-12-18-14(17)11-8-7-10-13(15)16;7-5(8)3-1-2-4-6(9)10/h2-12H2,1H3,(H,15,16);1-4H2,(H,7,8)(H,9,10). The van der Waals surface area contributed by atoms with E-state index in [1.165, 1.54) is 25.7 Å². The number of esters is 1. The maximum Gasteiger partial charge on any atom is 0.305 e. The Balaban J connectivity index is 0. The van der Waals surface area contributed by atoms with Crippen molar-refractivity contribution in [3.8, 4) is 0 Å². The smallest absolute Gasteiger partial charge is 0.305 e. The number of carboxylic acid groups (broad SMARTS) is 3. The number of carbonyl (C=O) groups excluding carboxylic acids is 1. The van der Waals surface area contributed by atoms with Crippen LogP contribution in [0.1, 0.15) is 96.8 Å². The highest BCUT2D eigenvalue weighted by molar-refractivity contribution is 5.69. The van der Waals surface area contributed by atoms with Crippen LogP contribution in [0.15, 0.2) is 0 Å². The monoisotopic (exact) mass is 404 g/mol. The van der Waals surface area contributed by atoms with Gasteiger partial charge in [-0.1, -0.05) is 39.0 Å². The number of unbranched alkanes of at least 4 members (excludes halogenated alkanes) is 7. The lowest BCUT2D eigenvalue weighted by atomic mass is 10.1. The van der Waals surface area contributed by atoms with E-state index in [9.17, 15) is 19.2 Å². The Morgan fingerprint density at radius 2 is 0.964 bits per heavy atom. The van der Waals surface area contributed by atoms with E-state index in [-0.39, 0.29) is 25.2 Å². The first-order valence-electron chi connectivity index (χ1n) is 10.1. The molecule has 8 nitrogen and oxygen atoms in total. The zero-order valence-corrected chi connectivity index (χ0v) is 17.0. The number of rotatable bonds is 17. The van der Waals surface area contributed by atoms with Crippen molar-refractivity contribution in [3.63, 3.8) is 0 Å². The minimum atomic E-state index is -0.870. The number of aliphatic carboxylic acids is 3. The van der Waals surface area contributed by atoms with Crippen LogP contribution in [0.2, 0.25) is 0 Å². The van der Waals surface area contributed by atoms with Crippen LogP contribution in [0.25, 0.3) is 0 Å². The van der Waals surface area contributed by atoms with Crippen molar-refractivity contribution in [2.45, 2.75) is 96.8 Å². The number of carboxylic acids is 3. The van der Waals surface area contributed by atoms with Crippen molar-refractivity contribution in [3.05, 3.63) is 0 Å². The van der Waals surface area contributed by atoms with Gasteiger partial charge >= 0.3 is 23.9 Å². The van der Waals surface area contributed by atoms with E-state index >= 15 is 0 Å². The molecule has 0 aliphatic heterocycles. The SMILES string of the molecule is CCCCCCCCOC(=O)CCCCC(=O)O.O=C(O)CCCCC(=O)O. The average Bonchev–Trinajstić information content (AvgIpc) is 2.62. The fraction of sp³-hybridized carbons (Fsp3) is 0.800. The van der Waals surface area contributed by atoms with Crippen LogP contribution in [0.3, 0.4) is 0 Å². The second-order valence-corrected chi connectivity index (χ2v) is 6.58. The molecule has 0 rings (SSSR count). The first kappa shape index (κ1) is 28.1. The molecule has 0 bridgehead atoms. The Morgan fingerprint density at radius 1 is 0.571 bits per heavy atom. The quantitative estimate of drug-likeness (QED) is 0.241. The third kappa shape index (κ3) is 28.7. The number of carbonyl (C=O) groups is 4. The van der Waals surface area contributed by atoms with Gasteiger partial charge in [-0.05, 0) is 32.1 Å². The second-order valence-electron chi connectivity index (χ2n) is 6.58. The molecule has 3 N–H and O–H groups in total. The van der Waals surface area contributed by atoms with Crippen LogP contribution < -0.4 is 0 Å². The van der Waals surface area contributed by atoms with Crippen molar-refractivity contribution in [2.75, 3.05) is 6.61 Å². The fourth-order valence-corrected chi connectivity index (χ4v) is 2.24. The molecule has 0 aliphatic rings. The third-order valence-electron chi connectivity index (χ3n) is 3.81. The van der Waals surface area contributed by atoms with Gasteiger partial charge in [0.15, 0.2) is 0 Å². The summed E-state index contributed by atoms with van der Waals surface area (Å²) < 4.78 is 5.07. The molecule has 0 amide bonds. The Kier molecular flexibility index (Phi) is 21.3. The van der Waals surface area contributed by atoms with Crippen LogP contribution in [-0.4, -0.2) is 45.8 Å². The normalized spacial score (nSPS) is 9.89. The molecule has 0 saturated carbocycles. The van der Waals surface area contributed by atoms with Gasteiger partial charge in [0.2, 0.25) is 0 Å². The van der Waals surface area contributed by atoms with Crippen LogP contribution in [0.5, 0.6) is 0 Å². The van der Waals surface area contributed by atoms with Gasteiger partial charge in [0.1, 0.15) is 0 Å². The van der Waals surface area contributed by atoms with Crippen LogP contribution in [-0.2, 0) is 23.9 Å². The highest BCUT2D eigenvalue weighted by Crippen LogP contribution is 2.06. The zero-order chi connectivity index (χ0) is 21.6. The largest absolute Gasteiger partial charge is 0.481 e. The summed E-state index contributed by atoms with van der Waals surface area (Å²) in [5, 5.41) is 24.7. The van der Waals surface area contributed by atoms with Gasteiger partial charge in [0.25, 0.3) is 0 Å². The molecule has 0 aromatic heterocycles. The van der Waals surface area contributed by atoms with E-state index in [0.717, 1.165) is 12.8 Å². The molecular formula is C20H36O8. The van der Waals surface area contributed by atoms with Crippen LogP contribution in [0.4, 0.5) is 0 Å². The summed E-state index contributed by atoms with van der Waals surface area (Å²) in [6.07, 6.45) is 9.68. The average molecular weight is 405 g/mol. The summed E-state index contributed by atoms with van der Waals surface area (Å²) in [7, 11) is 0. The molecular weight excluding hydrogens is 368 g/mol. The highest BCUT2D eigenvalue weighted by atomic mass is 16.5. The zero-order valence-electron chi connectivity index (χ0n) is 17.0. The molecule has 28 heavy (non-hydrogen) atoms. The van der Waals surface area contributed by atoms with E-state index in [0.29, 0.717) is 38.7 Å². The summed E-state index contributed by atoms with van der Waals surface area (Å²) in [5.41, 5.74) is 0. The topological polar surface area (TPSA) is 138 Å². The molecule has 0 unspecified atom stereocenters. The maximum atomic E-state index is 11.3. The number of ether oxygens (including phenoxy) is 1. The molecule has 0 atom stereocenters. The van der Waals surface area contributed by atoms with E-state index in [1.807, 2.05) is 0 Å². The molecule has 0 aromatic rings. The molecule has 0 spiro atoms. The van der Waals surface area contributed by atoms with E-state index in [2.05, 4.69) is 6.92 Å². The molecule has 0 aromatic carbocycles. The van der Waals surface area contributed by atoms with Gasteiger partial charge in [0, 0.05) is 25.7 Å². The van der Waals surface area contributed by atoms with Crippen molar-refractivity contribution in [1.82, 2.24) is 0 Å². The molecule has 8 heteroatoms. The molecule has 0 fully saturated rings. The van der Waals surface area contributed by atoms with Crippen molar-refractivity contribution in [1.29, 1.82) is 0 Å². The lowest BCUT2D eigenvalue weighted by Crippen LogP contribution is -2.06. The second kappa shape index (κ2) is 21.2. The van der Waals surface area contributed by atoms with E-state index in [4.69, 9.17) is 20.1 Å². The fourth-order valence-electron chi connectivity index (χ4n) is 2.24. The van der Waals surface area contributed by atoms with Gasteiger partial charge in [-0.2, -0.15) is 0 Å². The van der Waals surface area contributed by atoms with Crippen molar-refractivity contribution < 1.29 is 39.2 Å². The Morgan fingerprint density at radius 3 is 1.39 bits per heavy atom. The Hall–Kier alpha value is -2.12. The van der Waals surface area contributed by atoms with Gasteiger partial charge in [-0.3, -0.25) is 19.2 Å². The predicted octanol–water partition coefficient (Wildman–Crippen LogP) is 4.25. The molecule has 0 aliphatic carbocycles. The van der Waals surface area contributed by atoms with Gasteiger partial charge in [-0.25, -0.2) is 0 Å². The Labute approximate surface area is 167 Å². The molecule has 0 heterocycles. The Bertz CT molecular complexity index is 418. The lowest BCUT2D eigenvalue weighted by molar-refractivity contribution is -0.144. The number of hydrogen-bond donors (Lipinski definition) is 3. The lowest BCUT2D eigenvalue weighted by Gasteiger charge is -2.04. The van der Waals surface area contributed by atoms with Crippen LogP contribution >= 0.6 is 0 Å². The molecule has 0 radical (unpaired) electrons. The minimum Gasteiger partial charge on any atom is -0.481 e. The van der Waals surface area contributed by atoms with E-state index < -0.39 is 17.9 Å². The number of hydrogen-bond acceptors (Lipinski definition) is 5. The maximum absolute atomic E-state index is 11.3. The first-order valence-corrected chi connectivity index (χ1v) is 10.1. The summed E-state index contributed by atoms with van der Waals surface area (Å²) in [5.74, 6) is -2.75. The van der Waals surface area contributed by atoms with Crippen molar-refractivity contribution in [2.24, 2.45) is 0 Å². The summed E-state index contributed by atoms with van der Waals surface area (Å²) in [4.78, 5) is 41.3. The molecule has 0 saturated heterocycles. The van der Waals surface area contributed by atoms with Gasteiger partial charge < -0.3 is 20.1 Å². The predicted molar refractivity (Wildman–Crippen MR) is 104 cm³/mol. The summed E-state index contributed by atoms with van der Waals surface area (Å²) in [6.45, 7) is 2.69. The van der Waals surface area contributed by atoms with Gasteiger partial charge in [-0.15, -0.1) is 0 Å². The van der Waals surface area contributed by atoms with Crippen LogP contribution in [0, 0.1) is 0 Å². The summed E-state index contributed by atoms with van der Waals surface area (Å²) in [6, 6.07) is 0. The molecule has 164 valence electrons. The van der Waals surface area contributed by atoms with E-state index in [1.54, 1.807) is 0 Å².